The minimum absolute atomic E-state index is 0.0781. The topological polar surface area (TPSA) is 181 Å². The Bertz CT molecular complexity index is 1650. The Morgan fingerprint density at radius 2 is 1.59 bits per heavy atom. The smallest absolute Gasteiger partial charge is 0.408 e. The van der Waals surface area contributed by atoms with Gasteiger partial charge in [-0.3, -0.25) is 19.6 Å². The highest BCUT2D eigenvalue weighted by atomic mass is 16.6. The molecule has 5 amide bonds. The van der Waals surface area contributed by atoms with Gasteiger partial charge in [0.25, 0.3) is 0 Å². The Balaban J connectivity index is 1.09. The number of amides is 5. The number of piperazine rings is 1. The van der Waals surface area contributed by atoms with E-state index in [1.807, 2.05) is 24.3 Å². The first-order chi connectivity index (χ1) is 24.0. The molecule has 2 aliphatic heterocycles. The maximum Gasteiger partial charge on any atom is 0.408 e. The predicted octanol–water partition coefficient (Wildman–Crippen LogP) is 3.34. The maximum absolute atomic E-state index is 13.1. The third-order valence-electron chi connectivity index (χ3n) is 9.92. The van der Waals surface area contributed by atoms with E-state index in [0.29, 0.717) is 23.6 Å². The van der Waals surface area contributed by atoms with E-state index < -0.39 is 35.0 Å². The fourth-order valence-electron chi connectivity index (χ4n) is 7.30. The summed E-state index contributed by atoms with van der Waals surface area (Å²) < 4.78 is 12.0. The van der Waals surface area contributed by atoms with Crippen molar-refractivity contribution in [2.45, 2.75) is 90.5 Å². The van der Waals surface area contributed by atoms with Crippen LogP contribution < -0.4 is 22.1 Å². The van der Waals surface area contributed by atoms with Crippen molar-refractivity contribution in [3.63, 3.8) is 0 Å². The summed E-state index contributed by atoms with van der Waals surface area (Å²) in [5.41, 5.74) is 4.65. The van der Waals surface area contributed by atoms with E-state index in [1.54, 1.807) is 56.7 Å². The Labute approximate surface area is 298 Å². The maximum atomic E-state index is 13.1. The summed E-state index contributed by atoms with van der Waals surface area (Å²) in [5, 5.41) is 5.32. The number of carbonyl (C=O) groups is 4. The number of nitrogens with zero attached hydrogens (tertiary/aromatic N) is 5. The number of nitrogens with one attached hydrogen (secondary N) is 2. The normalized spacial score (nSPS) is 21.7. The number of fused-ring (bicyclic) bond motifs is 1. The lowest BCUT2D eigenvalue weighted by molar-refractivity contribution is -0.138. The van der Waals surface area contributed by atoms with E-state index in [2.05, 4.69) is 27.4 Å². The molecule has 3 heterocycles. The lowest BCUT2D eigenvalue weighted by Gasteiger charge is -2.38. The van der Waals surface area contributed by atoms with Gasteiger partial charge < -0.3 is 30.3 Å². The fourth-order valence-corrected chi connectivity index (χ4v) is 7.30. The second-order valence-corrected chi connectivity index (χ2v) is 15.5. The molecular formula is C36H52N8O7. The monoisotopic (exact) mass is 708 g/mol. The number of likely N-dealkylation sites (tertiary alicyclic amines) is 1. The molecule has 1 aromatic heterocycles. The molecule has 2 saturated heterocycles. The average molecular weight is 709 g/mol. The molecule has 1 aromatic carbocycles. The molecular weight excluding hydrogens is 656 g/mol. The molecule has 3 aliphatic rings. The average Bonchev–Trinajstić information content (AvgIpc) is 3.47. The van der Waals surface area contributed by atoms with Gasteiger partial charge in [0.1, 0.15) is 23.1 Å². The molecule has 4 N–H and O–H groups in total. The molecule has 5 rings (SSSR count). The number of rotatable bonds is 8. The van der Waals surface area contributed by atoms with E-state index in [0.717, 1.165) is 44.3 Å². The van der Waals surface area contributed by atoms with Crippen LogP contribution in [0.15, 0.2) is 41.3 Å². The summed E-state index contributed by atoms with van der Waals surface area (Å²) in [7, 11) is 0. The first kappa shape index (κ1) is 37.6. The molecule has 4 unspecified atom stereocenters. The van der Waals surface area contributed by atoms with Gasteiger partial charge in [0.05, 0.1) is 5.69 Å². The zero-order valence-electron chi connectivity index (χ0n) is 30.5. The van der Waals surface area contributed by atoms with Gasteiger partial charge in [-0.15, -0.1) is 0 Å². The number of ether oxygens (including phenoxy) is 2. The standard InChI is InChI=1S/C36H52N8O7/c1-23(43-21-25-9-12-28(50-31(37)46)20-26(25)22-43)19-24-7-10-27(11-8-24)44-14-13-29(39-33(44)48)38-32(47)42-17-15-41(16-18-42)30(45)36(5,6)40-34(49)51-35(2,3)4/h7-8,10-11,13-14,23,25-26,28H,9,12,15-22H2,1-6H3,(H2,37,46)(H,40,49)(H,38,39,47,48). The minimum Gasteiger partial charge on any atom is -0.446 e. The molecule has 3 fully saturated rings. The van der Waals surface area contributed by atoms with Crippen LogP contribution >= 0.6 is 0 Å². The second-order valence-electron chi connectivity index (χ2n) is 15.5. The molecule has 15 nitrogen and oxygen atoms in total. The summed E-state index contributed by atoms with van der Waals surface area (Å²) in [6, 6.07) is 9.31. The van der Waals surface area contributed by atoms with Gasteiger partial charge in [-0.25, -0.2) is 19.2 Å². The highest BCUT2D eigenvalue weighted by Gasteiger charge is 2.40. The van der Waals surface area contributed by atoms with Gasteiger partial charge in [0, 0.05) is 51.5 Å². The SMILES string of the molecule is CC(Cc1ccc(-n2ccc(NC(=O)N3CCN(C(=O)C(C)(C)NC(=O)OC(C)(C)C)CC3)nc2=O)cc1)N1CC2CCC(OC(N)=O)CC2C1. The number of hydrogen-bond acceptors (Lipinski definition) is 9. The number of alkyl carbamates (subject to hydrolysis) is 1. The van der Waals surface area contributed by atoms with Gasteiger partial charge in [-0.05, 0) is 103 Å². The van der Waals surface area contributed by atoms with Crippen molar-refractivity contribution in [2.24, 2.45) is 17.6 Å². The van der Waals surface area contributed by atoms with Crippen LogP contribution in [0.2, 0.25) is 0 Å². The van der Waals surface area contributed by atoms with Crippen molar-refractivity contribution in [2.75, 3.05) is 44.6 Å². The van der Waals surface area contributed by atoms with E-state index in [-0.39, 0.29) is 44.0 Å². The van der Waals surface area contributed by atoms with E-state index in [4.69, 9.17) is 15.2 Å². The number of carbonyl (C=O) groups excluding carboxylic acids is 4. The highest BCUT2D eigenvalue weighted by molar-refractivity contribution is 5.90. The Morgan fingerprint density at radius 1 is 0.941 bits per heavy atom. The number of primary amides is 1. The summed E-state index contributed by atoms with van der Waals surface area (Å²) in [4.78, 5) is 72.3. The molecule has 4 atom stereocenters. The van der Waals surface area contributed by atoms with Crippen LogP contribution in [0.1, 0.15) is 66.4 Å². The van der Waals surface area contributed by atoms with Crippen molar-refractivity contribution in [1.82, 2.24) is 29.6 Å². The Kier molecular flexibility index (Phi) is 11.3. The minimum atomic E-state index is -1.19. The van der Waals surface area contributed by atoms with Crippen LogP contribution in [0.4, 0.5) is 20.2 Å². The summed E-state index contributed by atoms with van der Waals surface area (Å²) in [6.07, 6.45) is 3.78. The van der Waals surface area contributed by atoms with Gasteiger partial charge in [-0.2, -0.15) is 4.98 Å². The summed E-state index contributed by atoms with van der Waals surface area (Å²) in [6.45, 7) is 13.8. The molecule has 15 heteroatoms. The Hall–Kier alpha value is -4.66. The fraction of sp³-hybridized carbons (Fsp3) is 0.611. The summed E-state index contributed by atoms with van der Waals surface area (Å²) in [5.74, 6) is 0.976. The van der Waals surface area contributed by atoms with Gasteiger partial charge in [-0.1, -0.05) is 12.1 Å². The van der Waals surface area contributed by atoms with Crippen LogP contribution in [-0.4, -0.2) is 111 Å². The number of nitrogens with two attached hydrogens (primary N) is 1. The first-order valence-electron chi connectivity index (χ1n) is 17.7. The molecule has 1 saturated carbocycles. The lowest BCUT2D eigenvalue weighted by atomic mass is 9.80. The molecule has 51 heavy (non-hydrogen) atoms. The van der Waals surface area contributed by atoms with Crippen molar-refractivity contribution < 1.29 is 28.7 Å². The zero-order valence-corrected chi connectivity index (χ0v) is 30.5. The molecule has 1 aliphatic carbocycles. The third-order valence-corrected chi connectivity index (χ3v) is 9.92. The largest absolute Gasteiger partial charge is 0.446 e. The number of hydrogen-bond donors (Lipinski definition) is 3. The molecule has 278 valence electrons. The van der Waals surface area contributed by atoms with Gasteiger partial charge in [0.2, 0.25) is 5.91 Å². The molecule has 0 radical (unpaired) electrons. The van der Waals surface area contributed by atoms with Crippen molar-refractivity contribution >= 4 is 29.9 Å². The van der Waals surface area contributed by atoms with E-state index >= 15 is 0 Å². The number of aromatic nitrogens is 2. The number of benzene rings is 1. The molecule has 2 aromatic rings. The van der Waals surface area contributed by atoms with Crippen LogP contribution in [0.5, 0.6) is 0 Å². The van der Waals surface area contributed by atoms with E-state index in [1.165, 1.54) is 4.57 Å². The van der Waals surface area contributed by atoms with Crippen LogP contribution in [0, 0.1) is 11.8 Å². The summed E-state index contributed by atoms with van der Waals surface area (Å²) >= 11 is 0. The third kappa shape index (κ3) is 9.78. The lowest BCUT2D eigenvalue weighted by Crippen LogP contribution is -2.60. The highest BCUT2D eigenvalue weighted by Crippen LogP contribution is 2.38. The Morgan fingerprint density at radius 3 is 2.22 bits per heavy atom. The van der Waals surface area contributed by atoms with Gasteiger partial charge in [0.15, 0.2) is 0 Å². The van der Waals surface area contributed by atoms with Crippen LogP contribution in [0.25, 0.3) is 5.69 Å². The number of anilines is 1. The predicted molar refractivity (Wildman–Crippen MR) is 190 cm³/mol. The second kappa shape index (κ2) is 15.3. The number of urea groups is 1. The quantitative estimate of drug-likeness (QED) is 0.371. The van der Waals surface area contributed by atoms with Crippen LogP contribution in [-0.2, 0) is 20.7 Å². The van der Waals surface area contributed by atoms with Crippen LogP contribution in [0.3, 0.4) is 0 Å². The van der Waals surface area contributed by atoms with E-state index in [9.17, 15) is 24.0 Å². The van der Waals surface area contributed by atoms with Crippen molar-refractivity contribution in [1.29, 1.82) is 0 Å². The van der Waals surface area contributed by atoms with Gasteiger partial charge >= 0.3 is 23.9 Å². The first-order valence-corrected chi connectivity index (χ1v) is 17.7. The zero-order chi connectivity index (χ0) is 37.1. The van der Waals surface area contributed by atoms with Crippen molar-refractivity contribution in [3.05, 3.63) is 52.6 Å². The van der Waals surface area contributed by atoms with Crippen molar-refractivity contribution in [3.8, 4) is 5.69 Å². The molecule has 0 bridgehead atoms. The molecule has 0 spiro atoms.